The third-order valence-electron chi connectivity index (χ3n) is 5.56. The minimum Gasteiger partial charge on any atom is -0.340 e. The van der Waals surface area contributed by atoms with Crippen LogP contribution in [-0.2, 0) is 20.6 Å². The van der Waals surface area contributed by atoms with E-state index < -0.39 is 0 Å². The summed E-state index contributed by atoms with van der Waals surface area (Å²) in [7, 11) is 3.25. The van der Waals surface area contributed by atoms with Gasteiger partial charge in [0.15, 0.2) is 0 Å². The fourth-order valence-corrected chi connectivity index (χ4v) is 6.01. The van der Waals surface area contributed by atoms with Crippen molar-refractivity contribution in [1.29, 1.82) is 0 Å². The summed E-state index contributed by atoms with van der Waals surface area (Å²) >= 11 is 9.17. The van der Waals surface area contributed by atoms with Gasteiger partial charge >= 0.3 is 5.69 Å². The number of fused-ring (bicyclic) bond motifs is 3. The predicted octanol–water partition coefficient (Wildman–Crippen LogP) is 3.51. The van der Waals surface area contributed by atoms with Crippen molar-refractivity contribution in [2.75, 3.05) is 0 Å². The molecule has 0 saturated carbocycles. The Morgan fingerprint density at radius 3 is 2.59 bits per heavy atom. The smallest absolute Gasteiger partial charge is 0.331 e. The molecule has 0 saturated heterocycles. The summed E-state index contributed by atoms with van der Waals surface area (Å²) in [5, 5.41) is 6.66. The third kappa shape index (κ3) is 2.68. The van der Waals surface area contributed by atoms with Gasteiger partial charge in [0, 0.05) is 31.4 Å². The molecule has 5 heterocycles. The Kier molecular flexibility index (Phi) is 4.30. The van der Waals surface area contributed by atoms with Crippen molar-refractivity contribution in [1.82, 2.24) is 23.7 Å². The zero-order valence-electron chi connectivity index (χ0n) is 16.1. The van der Waals surface area contributed by atoms with Crippen molar-refractivity contribution >= 4 is 45.2 Å². The molecule has 0 aromatic carbocycles. The Bertz CT molecular complexity index is 1390. The van der Waals surface area contributed by atoms with Crippen molar-refractivity contribution in [3.63, 3.8) is 0 Å². The molecule has 0 fully saturated rings. The molecule has 1 aliphatic rings. The largest absolute Gasteiger partial charge is 0.340 e. The van der Waals surface area contributed by atoms with Crippen molar-refractivity contribution in [2.45, 2.75) is 32.2 Å². The molecule has 0 spiro atoms. The van der Waals surface area contributed by atoms with Crippen LogP contribution in [0.1, 0.15) is 34.5 Å². The molecule has 4 aromatic heterocycles. The van der Waals surface area contributed by atoms with Gasteiger partial charge in [-0.05, 0) is 19.8 Å². The van der Waals surface area contributed by atoms with E-state index in [1.807, 2.05) is 17.7 Å². The van der Waals surface area contributed by atoms with Gasteiger partial charge < -0.3 is 4.57 Å². The fourth-order valence-electron chi connectivity index (χ4n) is 4.32. The van der Waals surface area contributed by atoms with E-state index in [-0.39, 0.29) is 17.2 Å². The molecule has 1 atom stereocenters. The van der Waals surface area contributed by atoms with Crippen LogP contribution >= 0.6 is 34.3 Å². The zero-order valence-corrected chi connectivity index (χ0v) is 18.5. The summed E-state index contributed by atoms with van der Waals surface area (Å²) in [4.78, 5) is 35.2. The number of hydrogen-bond acceptors (Lipinski definition) is 6. The summed E-state index contributed by atoms with van der Waals surface area (Å²) in [6.45, 7) is 2.72. The minimum absolute atomic E-state index is 0.0186. The number of nitrogens with zero attached hydrogens (tertiary/aromatic N) is 5. The van der Waals surface area contributed by atoms with E-state index in [2.05, 4.69) is 14.5 Å². The Labute approximate surface area is 178 Å². The summed E-state index contributed by atoms with van der Waals surface area (Å²) in [6.07, 6.45) is 1.84. The Morgan fingerprint density at radius 2 is 1.93 bits per heavy atom. The number of aromatic nitrogens is 5. The fraction of sp³-hybridized carbons (Fsp3) is 0.368. The van der Waals surface area contributed by atoms with Gasteiger partial charge in [-0.3, -0.25) is 13.9 Å². The highest BCUT2D eigenvalue weighted by molar-refractivity contribution is 7.10. The first-order valence-corrected chi connectivity index (χ1v) is 11.4. The van der Waals surface area contributed by atoms with Gasteiger partial charge in [-0.25, -0.2) is 14.8 Å². The van der Waals surface area contributed by atoms with Crippen LogP contribution in [0.2, 0.25) is 5.15 Å². The van der Waals surface area contributed by atoms with Crippen molar-refractivity contribution < 1.29 is 0 Å². The number of rotatable bonds is 2. The lowest BCUT2D eigenvalue weighted by Crippen LogP contribution is -2.37. The molecule has 150 valence electrons. The second kappa shape index (κ2) is 6.65. The van der Waals surface area contributed by atoms with Crippen LogP contribution in [0.3, 0.4) is 0 Å². The average Bonchev–Trinajstić information content (AvgIpc) is 3.41. The van der Waals surface area contributed by atoms with Gasteiger partial charge in [-0.1, -0.05) is 11.6 Å². The Balaban J connectivity index is 1.96. The molecule has 0 aliphatic carbocycles. The molecule has 0 amide bonds. The van der Waals surface area contributed by atoms with E-state index in [1.54, 1.807) is 23.0 Å². The van der Waals surface area contributed by atoms with Gasteiger partial charge in [0.2, 0.25) is 0 Å². The Morgan fingerprint density at radius 1 is 1.14 bits per heavy atom. The molecule has 0 N–H and O–H groups in total. The van der Waals surface area contributed by atoms with E-state index in [4.69, 9.17) is 11.6 Å². The standard InChI is InChI=1S/C19H18ClN5O2S2/c1-9-21-11(7-28-9)15-13-16(23(2)19(27)24(3)18(13)26)14-10(5-4-6-25(14)15)17-22-12(20)8-29-17/h7-8,10H,4-6H2,1-3H3. The van der Waals surface area contributed by atoms with Crippen LogP contribution in [0.15, 0.2) is 20.3 Å². The monoisotopic (exact) mass is 447 g/mol. The highest BCUT2D eigenvalue weighted by Gasteiger charge is 2.34. The molecule has 4 aromatic rings. The number of hydrogen-bond donors (Lipinski definition) is 0. The molecule has 0 radical (unpaired) electrons. The van der Waals surface area contributed by atoms with E-state index >= 15 is 0 Å². The second-order valence-electron chi connectivity index (χ2n) is 7.27. The highest BCUT2D eigenvalue weighted by Crippen LogP contribution is 2.43. The van der Waals surface area contributed by atoms with Gasteiger partial charge in [0.05, 0.1) is 38.9 Å². The molecular formula is C19H18ClN5O2S2. The van der Waals surface area contributed by atoms with Gasteiger partial charge in [0.1, 0.15) is 10.2 Å². The number of halogens is 1. The Hall–Kier alpha value is -2.23. The molecule has 29 heavy (non-hydrogen) atoms. The molecular weight excluding hydrogens is 430 g/mol. The first-order valence-electron chi connectivity index (χ1n) is 9.24. The summed E-state index contributed by atoms with van der Waals surface area (Å²) in [5.41, 5.74) is 2.57. The van der Waals surface area contributed by atoms with Crippen molar-refractivity contribution in [3.8, 4) is 11.4 Å². The summed E-state index contributed by atoms with van der Waals surface area (Å²) in [5.74, 6) is -0.0186. The van der Waals surface area contributed by atoms with Crippen molar-refractivity contribution in [2.24, 2.45) is 14.1 Å². The zero-order chi connectivity index (χ0) is 20.4. The quantitative estimate of drug-likeness (QED) is 0.471. The first kappa shape index (κ1) is 18.8. The van der Waals surface area contributed by atoms with E-state index in [1.165, 1.54) is 23.0 Å². The maximum atomic E-state index is 13.2. The molecule has 10 heteroatoms. The SMILES string of the molecule is Cc1nc(-c2c3c(=O)n(C)c(=O)n(C)c3c3n2CCCC3c2nc(Cl)cs2)cs1. The lowest BCUT2D eigenvalue weighted by Gasteiger charge is -2.25. The van der Waals surface area contributed by atoms with Crippen LogP contribution in [0.4, 0.5) is 0 Å². The molecule has 5 rings (SSSR count). The van der Waals surface area contributed by atoms with Crippen LogP contribution in [0, 0.1) is 6.92 Å². The molecule has 7 nitrogen and oxygen atoms in total. The van der Waals surface area contributed by atoms with Crippen LogP contribution in [-0.4, -0.2) is 23.7 Å². The lowest BCUT2D eigenvalue weighted by molar-refractivity contribution is 0.495. The average molecular weight is 448 g/mol. The van der Waals surface area contributed by atoms with Crippen LogP contribution < -0.4 is 11.2 Å². The molecule has 0 bridgehead atoms. The highest BCUT2D eigenvalue weighted by atomic mass is 35.5. The van der Waals surface area contributed by atoms with E-state index in [0.717, 1.165) is 46.5 Å². The van der Waals surface area contributed by atoms with E-state index in [9.17, 15) is 9.59 Å². The van der Waals surface area contributed by atoms with Crippen LogP contribution in [0.25, 0.3) is 22.3 Å². The maximum Gasteiger partial charge on any atom is 0.331 e. The maximum absolute atomic E-state index is 13.2. The first-order chi connectivity index (χ1) is 13.9. The van der Waals surface area contributed by atoms with Crippen molar-refractivity contribution in [3.05, 3.63) is 52.5 Å². The van der Waals surface area contributed by atoms with Gasteiger partial charge in [0.25, 0.3) is 5.56 Å². The van der Waals surface area contributed by atoms with Gasteiger partial charge in [-0.15, -0.1) is 22.7 Å². The van der Waals surface area contributed by atoms with Crippen LogP contribution in [0.5, 0.6) is 0 Å². The normalized spacial score (nSPS) is 16.5. The third-order valence-corrected chi connectivity index (χ3v) is 7.62. The predicted molar refractivity (Wildman–Crippen MR) is 116 cm³/mol. The summed E-state index contributed by atoms with van der Waals surface area (Å²) < 4.78 is 4.93. The second-order valence-corrected chi connectivity index (χ2v) is 9.61. The molecule has 1 unspecified atom stereocenters. The van der Waals surface area contributed by atoms with Gasteiger partial charge in [-0.2, -0.15) is 0 Å². The van der Waals surface area contributed by atoms with E-state index in [0.29, 0.717) is 16.1 Å². The topological polar surface area (TPSA) is 74.7 Å². The number of thiazole rings is 2. The minimum atomic E-state index is -0.335. The lowest BCUT2D eigenvalue weighted by atomic mass is 9.96. The molecule has 1 aliphatic heterocycles. The number of aryl methyl sites for hydroxylation is 2. The summed E-state index contributed by atoms with van der Waals surface area (Å²) in [6, 6.07) is 0.